The quantitative estimate of drug-likeness (QED) is 0.439. The fourth-order valence-corrected chi connectivity index (χ4v) is 4.96. The fourth-order valence-electron chi connectivity index (χ4n) is 4.96. The summed E-state index contributed by atoms with van der Waals surface area (Å²) in [5, 5.41) is 14.7. The third-order valence-electron chi connectivity index (χ3n) is 7.21. The fraction of sp³-hybridized carbons (Fsp3) is 0.464. The summed E-state index contributed by atoms with van der Waals surface area (Å²) in [5.41, 5.74) is 4.76. The Morgan fingerprint density at radius 1 is 1.00 bits per heavy atom. The molecule has 2 aliphatic rings. The van der Waals surface area contributed by atoms with E-state index in [-0.39, 0.29) is 42.2 Å². The molecule has 0 spiro atoms. The number of carbonyl (C=O) groups is 3. The molecule has 0 aliphatic heterocycles. The summed E-state index contributed by atoms with van der Waals surface area (Å²) in [6.07, 6.45) is 2.45. The van der Waals surface area contributed by atoms with E-state index >= 15 is 0 Å². The summed E-state index contributed by atoms with van der Waals surface area (Å²) >= 11 is 0. The molecule has 2 aliphatic carbocycles. The lowest BCUT2D eigenvalue weighted by molar-refractivity contribution is -0.139. The lowest BCUT2D eigenvalue weighted by atomic mass is 9.98. The smallest absolute Gasteiger partial charge is 0.407 e. The van der Waals surface area contributed by atoms with Crippen molar-refractivity contribution in [2.24, 2.45) is 17.8 Å². The number of carboxylic acids is 1. The van der Waals surface area contributed by atoms with Gasteiger partial charge in [0.2, 0.25) is 5.91 Å². The van der Waals surface area contributed by atoms with Crippen molar-refractivity contribution in [2.45, 2.75) is 51.5 Å². The van der Waals surface area contributed by atoms with E-state index in [9.17, 15) is 14.4 Å². The van der Waals surface area contributed by atoms with Crippen molar-refractivity contribution in [1.82, 2.24) is 10.6 Å². The van der Waals surface area contributed by atoms with E-state index in [1.54, 1.807) is 0 Å². The summed E-state index contributed by atoms with van der Waals surface area (Å²) in [5.74, 6) is -1.20. The third-order valence-corrected chi connectivity index (χ3v) is 7.21. The van der Waals surface area contributed by atoms with Crippen LogP contribution in [0.3, 0.4) is 0 Å². The molecule has 7 nitrogen and oxygen atoms in total. The summed E-state index contributed by atoms with van der Waals surface area (Å²) in [4.78, 5) is 35.6. The van der Waals surface area contributed by atoms with E-state index in [1.165, 1.54) is 22.3 Å². The van der Waals surface area contributed by atoms with Gasteiger partial charge in [0.1, 0.15) is 6.61 Å². The van der Waals surface area contributed by atoms with Crippen LogP contribution in [0.1, 0.15) is 56.6 Å². The normalized spacial score (nSPS) is 19.7. The highest BCUT2D eigenvalue weighted by atomic mass is 16.5. The topological polar surface area (TPSA) is 105 Å². The second-order valence-corrected chi connectivity index (χ2v) is 9.89. The zero-order valence-electron chi connectivity index (χ0n) is 20.3. The van der Waals surface area contributed by atoms with Crippen LogP contribution in [0.2, 0.25) is 0 Å². The van der Waals surface area contributed by atoms with Crippen molar-refractivity contribution in [3.8, 4) is 11.1 Å². The zero-order valence-corrected chi connectivity index (χ0v) is 20.3. The van der Waals surface area contributed by atoms with E-state index in [0.29, 0.717) is 19.4 Å². The molecule has 0 radical (unpaired) electrons. The van der Waals surface area contributed by atoms with Crippen LogP contribution >= 0.6 is 0 Å². The van der Waals surface area contributed by atoms with Crippen LogP contribution in [0.5, 0.6) is 0 Å². The molecule has 1 saturated carbocycles. The van der Waals surface area contributed by atoms with Crippen LogP contribution in [0.25, 0.3) is 11.1 Å². The van der Waals surface area contributed by atoms with Crippen LogP contribution in [0, 0.1) is 17.8 Å². The van der Waals surface area contributed by atoms with Crippen molar-refractivity contribution in [3.63, 3.8) is 0 Å². The molecule has 2 amide bonds. The average molecular weight is 479 g/mol. The number of benzene rings is 2. The van der Waals surface area contributed by atoms with Crippen LogP contribution in [0.15, 0.2) is 48.5 Å². The molecule has 0 bridgehead atoms. The zero-order chi connectivity index (χ0) is 24.9. The number of hydrogen-bond acceptors (Lipinski definition) is 4. The van der Waals surface area contributed by atoms with Crippen LogP contribution in [0.4, 0.5) is 4.79 Å². The number of ether oxygens (including phenoxy) is 1. The van der Waals surface area contributed by atoms with Gasteiger partial charge >= 0.3 is 12.1 Å². The molecule has 4 rings (SSSR count). The highest BCUT2D eigenvalue weighted by molar-refractivity contribution is 5.79. The van der Waals surface area contributed by atoms with Gasteiger partial charge in [0.25, 0.3) is 0 Å². The van der Waals surface area contributed by atoms with E-state index in [2.05, 4.69) is 34.9 Å². The lowest BCUT2D eigenvalue weighted by Crippen LogP contribution is -2.34. The molecule has 0 saturated heterocycles. The summed E-state index contributed by atoms with van der Waals surface area (Å²) in [6, 6.07) is 16.4. The molecule has 2 aromatic rings. The molecular formula is C28H34N2O5. The van der Waals surface area contributed by atoms with Gasteiger partial charge in [-0.05, 0) is 54.4 Å². The Bertz CT molecular complexity index is 1040. The number of hydrogen-bond donors (Lipinski definition) is 3. The SMILES string of the molecule is CC(CCCC(C)C(=O)NC[C@H]1C[C@H]1C(=O)O)NC(=O)OCC1c2ccccc2-c2ccccc21. The summed E-state index contributed by atoms with van der Waals surface area (Å²) < 4.78 is 5.61. The lowest BCUT2D eigenvalue weighted by Gasteiger charge is -2.18. The van der Waals surface area contributed by atoms with E-state index in [4.69, 9.17) is 9.84 Å². The molecule has 3 N–H and O–H groups in total. The molecule has 0 aromatic heterocycles. The van der Waals surface area contributed by atoms with E-state index in [1.807, 2.05) is 38.1 Å². The first-order chi connectivity index (χ1) is 16.8. The van der Waals surface area contributed by atoms with Gasteiger partial charge in [0.15, 0.2) is 0 Å². The summed E-state index contributed by atoms with van der Waals surface area (Å²) in [7, 11) is 0. The number of amides is 2. The highest BCUT2D eigenvalue weighted by Crippen LogP contribution is 2.44. The second kappa shape index (κ2) is 10.9. The van der Waals surface area contributed by atoms with Gasteiger partial charge in [-0.1, -0.05) is 61.9 Å². The third kappa shape index (κ3) is 6.02. The standard InChI is InChI=1S/C28H34N2O5/c1-17(26(31)29-15-19-14-24(19)27(32)33)8-7-9-18(2)30-28(34)35-16-25-22-12-5-3-10-20(22)21-11-4-6-13-23(21)25/h3-6,10-13,17-19,24-25H,7-9,14-16H2,1-2H3,(H,29,31)(H,30,34)(H,32,33)/t17?,18?,19-,24-/m1/s1. The molecule has 2 unspecified atom stereocenters. The van der Waals surface area contributed by atoms with Gasteiger partial charge in [-0.25, -0.2) is 4.79 Å². The number of rotatable bonds is 11. The number of nitrogens with one attached hydrogen (secondary N) is 2. The van der Waals surface area contributed by atoms with Crippen molar-refractivity contribution in [2.75, 3.05) is 13.2 Å². The minimum Gasteiger partial charge on any atom is -0.481 e. The first kappa shape index (κ1) is 24.8. The van der Waals surface area contributed by atoms with Crippen molar-refractivity contribution in [1.29, 1.82) is 0 Å². The number of carbonyl (C=O) groups excluding carboxylic acids is 2. The number of fused-ring (bicyclic) bond motifs is 3. The Labute approximate surface area is 206 Å². The Balaban J connectivity index is 1.15. The predicted molar refractivity (Wildman–Crippen MR) is 133 cm³/mol. The molecule has 1 fully saturated rings. The van der Waals surface area contributed by atoms with E-state index < -0.39 is 12.1 Å². The maximum Gasteiger partial charge on any atom is 0.407 e. The van der Waals surface area contributed by atoms with Crippen LogP contribution < -0.4 is 10.6 Å². The Kier molecular flexibility index (Phi) is 7.73. The Hall–Kier alpha value is -3.35. The van der Waals surface area contributed by atoms with Crippen molar-refractivity contribution < 1.29 is 24.2 Å². The molecular weight excluding hydrogens is 444 g/mol. The molecule has 4 atom stereocenters. The average Bonchev–Trinajstić information content (AvgIpc) is 3.56. The molecule has 7 heteroatoms. The molecule has 0 heterocycles. The molecule has 35 heavy (non-hydrogen) atoms. The minimum atomic E-state index is -0.782. The number of alkyl carbamates (subject to hydrolysis) is 1. The molecule has 186 valence electrons. The second-order valence-electron chi connectivity index (χ2n) is 9.89. The Morgan fingerprint density at radius 2 is 1.63 bits per heavy atom. The van der Waals surface area contributed by atoms with Gasteiger partial charge in [-0.2, -0.15) is 0 Å². The Morgan fingerprint density at radius 3 is 2.23 bits per heavy atom. The first-order valence-electron chi connectivity index (χ1n) is 12.5. The summed E-state index contributed by atoms with van der Waals surface area (Å²) in [6.45, 7) is 4.53. The minimum absolute atomic E-state index is 0.0317. The van der Waals surface area contributed by atoms with E-state index in [0.717, 1.165) is 12.8 Å². The van der Waals surface area contributed by atoms with Crippen molar-refractivity contribution >= 4 is 18.0 Å². The van der Waals surface area contributed by atoms with Gasteiger partial charge in [0, 0.05) is 24.4 Å². The predicted octanol–water partition coefficient (Wildman–Crippen LogP) is 4.56. The maximum atomic E-state index is 12.4. The van der Waals surface area contributed by atoms with Gasteiger partial charge < -0.3 is 20.5 Å². The highest BCUT2D eigenvalue weighted by Gasteiger charge is 2.43. The van der Waals surface area contributed by atoms with Crippen LogP contribution in [-0.4, -0.2) is 42.3 Å². The molecule has 2 aromatic carbocycles. The maximum absolute atomic E-state index is 12.4. The number of aliphatic carboxylic acids is 1. The van der Waals surface area contributed by atoms with Gasteiger partial charge in [-0.15, -0.1) is 0 Å². The monoisotopic (exact) mass is 478 g/mol. The van der Waals surface area contributed by atoms with Gasteiger partial charge in [-0.3, -0.25) is 9.59 Å². The van der Waals surface area contributed by atoms with Crippen LogP contribution in [-0.2, 0) is 14.3 Å². The number of carboxylic acid groups (broad SMARTS) is 1. The van der Waals surface area contributed by atoms with Crippen molar-refractivity contribution in [3.05, 3.63) is 59.7 Å². The van der Waals surface area contributed by atoms with Gasteiger partial charge in [0.05, 0.1) is 5.92 Å². The first-order valence-corrected chi connectivity index (χ1v) is 12.5. The largest absolute Gasteiger partial charge is 0.481 e.